The summed E-state index contributed by atoms with van der Waals surface area (Å²) in [6.07, 6.45) is 6.12. The summed E-state index contributed by atoms with van der Waals surface area (Å²) in [5.74, 6) is 0.155. The Labute approximate surface area is 231 Å². The van der Waals surface area contributed by atoms with Gasteiger partial charge in [-0.05, 0) is 43.0 Å². The van der Waals surface area contributed by atoms with E-state index in [1.165, 1.54) is 23.1 Å². The molecule has 0 radical (unpaired) electrons. The normalized spacial score (nSPS) is 18.8. The molecular weight excluding hydrogens is 522 g/mol. The topological polar surface area (TPSA) is 103 Å². The Hall–Kier alpha value is -3.17. The predicted octanol–water partition coefficient (Wildman–Crippen LogP) is 4.58. The van der Waals surface area contributed by atoms with Crippen LogP contribution in [0.2, 0.25) is 5.02 Å². The van der Waals surface area contributed by atoms with Gasteiger partial charge in [0.25, 0.3) is 5.91 Å². The zero-order chi connectivity index (χ0) is 26.5. The number of nitrogens with one attached hydrogen (secondary N) is 2. The van der Waals surface area contributed by atoms with E-state index in [0.29, 0.717) is 34.7 Å². The molecule has 10 heteroatoms. The highest BCUT2D eigenvalue weighted by Crippen LogP contribution is 2.34. The largest absolute Gasteiger partial charge is 0.353 e. The molecule has 0 aromatic heterocycles. The number of hydrogen-bond acceptors (Lipinski definition) is 6. The van der Waals surface area contributed by atoms with Crippen molar-refractivity contribution in [1.29, 1.82) is 0 Å². The SMILES string of the molecule is O=C(CSC1=Nc2ccccc2C2=N[C@H](CCC(=O)NC3CCCCC3)C(=O)N12)NCc1ccccc1Cl. The number of para-hydroxylation sites is 1. The zero-order valence-corrected chi connectivity index (χ0v) is 22.6. The summed E-state index contributed by atoms with van der Waals surface area (Å²) in [7, 11) is 0. The molecule has 2 aromatic rings. The summed E-state index contributed by atoms with van der Waals surface area (Å²) >= 11 is 7.37. The summed E-state index contributed by atoms with van der Waals surface area (Å²) in [6, 6.07) is 14.4. The van der Waals surface area contributed by atoms with Crippen molar-refractivity contribution >= 4 is 57.8 Å². The van der Waals surface area contributed by atoms with Crippen LogP contribution in [-0.2, 0) is 20.9 Å². The number of nitrogens with zero attached hydrogens (tertiary/aromatic N) is 3. The molecule has 5 rings (SSSR count). The van der Waals surface area contributed by atoms with Crippen LogP contribution >= 0.6 is 23.4 Å². The lowest BCUT2D eigenvalue weighted by Crippen LogP contribution is -2.42. The smallest absolute Gasteiger partial charge is 0.259 e. The van der Waals surface area contributed by atoms with Crippen LogP contribution in [0.25, 0.3) is 0 Å². The quantitative estimate of drug-likeness (QED) is 0.501. The minimum atomic E-state index is -0.659. The van der Waals surface area contributed by atoms with Gasteiger partial charge in [0.05, 0.1) is 11.4 Å². The highest BCUT2D eigenvalue weighted by atomic mass is 35.5. The maximum absolute atomic E-state index is 13.4. The number of thioether (sulfide) groups is 1. The summed E-state index contributed by atoms with van der Waals surface area (Å²) < 4.78 is 0. The van der Waals surface area contributed by atoms with Crippen molar-refractivity contribution < 1.29 is 14.4 Å². The third kappa shape index (κ3) is 6.10. The number of benzene rings is 2. The van der Waals surface area contributed by atoms with Crippen molar-refractivity contribution in [3.8, 4) is 0 Å². The van der Waals surface area contributed by atoms with E-state index < -0.39 is 6.04 Å². The Balaban J connectivity index is 1.22. The van der Waals surface area contributed by atoms with Gasteiger partial charge in [0, 0.05) is 29.6 Å². The molecule has 1 saturated carbocycles. The fourth-order valence-electron chi connectivity index (χ4n) is 4.92. The van der Waals surface area contributed by atoms with Gasteiger partial charge in [-0.2, -0.15) is 0 Å². The van der Waals surface area contributed by atoms with Crippen LogP contribution < -0.4 is 10.6 Å². The van der Waals surface area contributed by atoms with Crippen molar-refractivity contribution in [3.05, 3.63) is 64.7 Å². The molecular formula is C28H30ClN5O3S. The second-order valence-electron chi connectivity index (χ2n) is 9.65. The summed E-state index contributed by atoms with van der Waals surface area (Å²) in [4.78, 5) is 49.5. The molecule has 1 fully saturated rings. The van der Waals surface area contributed by atoms with E-state index >= 15 is 0 Å². The summed E-state index contributed by atoms with van der Waals surface area (Å²) in [5, 5.41) is 6.98. The van der Waals surface area contributed by atoms with E-state index in [4.69, 9.17) is 16.6 Å². The Bertz CT molecular complexity index is 1290. The van der Waals surface area contributed by atoms with Gasteiger partial charge in [0.15, 0.2) is 5.17 Å². The number of rotatable bonds is 8. The molecule has 2 heterocycles. The van der Waals surface area contributed by atoms with E-state index in [-0.39, 0.29) is 35.9 Å². The van der Waals surface area contributed by atoms with Crippen molar-refractivity contribution in [1.82, 2.24) is 15.5 Å². The van der Waals surface area contributed by atoms with Crippen LogP contribution in [0.4, 0.5) is 5.69 Å². The van der Waals surface area contributed by atoms with Crippen molar-refractivity contribution in [2.24, 2.45) is 9.98 Å². The maximum atomic E-state index is 13.4. The number of halogens is 1. The third-order valence-corrected chi connectivity index (χ3v) is 8.24. The lowest BCUT2D eigenvalue weighted by molar-refractivity contribution is -0.125. The molecule has 0 spiro atoms. The van der Waals surface area contributed by atoms with Crippen LogP contribution in [0.15, 0.2) is 58.5 Å². The number of amidine groups is 2. The number of amides is 3. The first-order chi connectivity index (χ1) is 18.5. The van der Waals surface area contributed by atoms with Gasteiger partial charge in [-0.3, -0.25) is 19.4 Å². The third-order valence-electron chi connectivity index (χ3n) is 6.93. The molecule has 1 atom stereocenters. The van der Waals surface area contributed by atoms with Crippen LogP contribution in [-0.4, -0.2) is 51.5 Å². The second-order valence-corrected chi connectivity index (χ2v) is 11.0. The van der Waals surface area contributed by atoms with Gasteiger partial charge in [-0.15, -0.1) is 0 Å². The molecule has 2 N–H and O–H groups in total. The molecule has 3 amide bonds. The van der Waals surface area contributed by atoms with Gasteiger partial charge in [-0.25, -0.2) is 9.89 Å². The van der Waals surface area contributed by atoms with Crippen LogP contribution in [0.3, 0.4) is 0 Å². The number of hydrogen-bond donors (Lipinski definition) is 2. The molecule has 0 unspecified atom stereocenters. The molecule has 2 aliphatic heterocycles. The van der Waals surface area contributed by atoms with Gasteiger partial charge >= 0.3 is 0 Å². The fourth-order valence-corrected chi connectivity index (χ4v) is 5.95. The molecule has 0 bridgehead atoms. The van der Waals surface area contributed by atoms with Gasteiger partial charge in [0.1, 0.15) is 11.9 Å². The van der Waals surface area contributed by atoms with Gasteiger partial charge in [-0.1, -0.05) is 73.0 Å². The predicted molar refractivity (Wildman–Crippen MR) is 151 cm³/mol. The number of carbonyl (C=O) groups is 3. The first-order valence-electron chi connectivity index (χ1n) is 13.0. The Kier molecular flexibility index (Phi) is 8.44. The Morgan fingerprint density at radius 1 is 1.03 bits per heavy atom. The van der Waals surface area contributed by atoms with E-state index in [0.717, 1.165) is 36.8 Å². The molecule has 38 heavy (non-hydrogen) atoms. The maximum Gasteiger partial charge on any atom is 0.259 e. The average Bonchev–Trinajstić information content (AvgIpc) is 3.27. The Morgan fingerprint density at radius 3 is 2.61 bits per heavy atom. The Morgan fingerprint density at radius 2 is 1.79 bits per heavy atom. The molecule has 1 aliphatic carbocycles. The van der Waals surface area contributed by atoms with E-state index in [2.05, 4.69) is 15.6 Å². The summed E-state index contributed by atoms with van der Waals surface area (Å²) in [5.41, 5.74) is 2.29. The zero-order valence-electron chi connectivity index (χ0n) is 21.0. The first kappa shape index (κ1) is 26.4. The van der Waals surface area contributed by atoms with Crippen LogP contribution in [0.1, 0.15) is 56.1 Å². The molecule has 0 saturated heterocycles. The molecule has 8 nitrogen and oxygen atoms in total. The van der Waals surface area contributed by atoms with Gasteiger partial charge in [0.2, 0.25) is 11.8 Å². The number of fused-ring (bicyclic) bond motifs is 3. The molecule has 198 valence electrons. The minimum absolute atomic E-state index is 0.0337. The van der Waals surface area contributed by atoms with Crippen LogP contribution in [0, 0.1) is 0 Å². The van der Waals surface area contributed by atoms with E-state index in [1.807, 2.05) is 42.5 Å². The molecule has 3 aliphatic rings. The lowest BCUT2D eigenvalue weighted by Gasteiger charge is -2.25. The van der Waals surface area contributed by atoms with Gasteiger partial charge < -0.3 is 10.6 Å². The second kappa shape index (κ2) is 12.1. The average molecular weight is 552 g/mol. The van der Waals surface area contributed by atoms with Crippen molar-refractivity contribution in [2.45, 2.75) is 63.6 Å². The standard InChI is InChI=1S/C28H30ClN5O3S/c29-21-12-6-4-8-18(21)16-30-25(36)17-38-28-33-22-13-7-5-11-20(22)26-32-23(27(37)34(26)28)14-15-24(35)31-19-9-2-1-3-10-19/h4-8,11-13,19,23H,1-3,9-10,14-17H2,(H,30,36)(H,31,35)/t23-/m1/s1. The van der Waals surface area contributed by atoms with Crippen molar-refractivity contribution in [3.63, 3.8) is 0 Å². The highest BCUT2D eigenvalue weighted by Gasteiger charge is 2.41. The lowest BCUT2D eigenvalue weighted by atomic mass is 9.95. The van der Waals surface area contributed by atoms with Crippen molar-refractivity contribution in [2.75, 3.05) is 5.75 Å². The van der Waals surface area contributed by atoms with Crippen LogP contribution in [0.5, 0.6) is 0 Å². The highest BCUT2D eigenvalue weighted by molar-refractivity contribution is 8.14. The fraction of sp³-hybridized carbons (Fsp3) is 0.393. The van der Waals surface area contributed by atoms with E-state index in [9.17, 15) is 14.4 Å². The first-order valence-corrected chi connectivity index (χ1v) is 14.4. The summed E-state index contributed by atoms with van der Waals surface area (Å²) in [6.45, 7) is 0.314. The minimum Gasteiger partial charge on any atom is -0.353 e. The molecule has 2 aromatic carbocycles. The number of carbonyl (C=O) groups excluding carboxylic acids is 3. The van der Waals surface area contributed by atoms with E-state index in [1.54, 1.807) is 6.07 Å². The number of aliphatic imine (C=N–C) groups is 2. The monoisotopic (exact) mass is 551 g/mol.